The maximum atomic E-state index is 5.80. The monoisotopic (exact) mass is 332 g/mol. The summed E-state index contributed by atoms with van der Waals surface area (Å²) in [6, 6.07) is 0. The molecule has 1 aromatic heterocycles. The van der Waals surface area contributed by atoms with E-state index < -0.39 is 0 Å². The smallest absolute Gasteiger partial charge is 0.174 e. The maximum absolute atomic E-state index is 5.80. The van der Waals surface area contributed by atoms with E-state index >= 15 is 0 Å². The number of aromatic nitrogens is 1. The lowest BCUT2D eigenvalue weighted by Crippen LogP contribution is -2.28. The molecule has 1 saturated carbocycles. The number of hydrogen-bond acceptors (Lipinski definition) is 2. The predicted octanol–water partition coefficient (Wildman–Crippen LogP) is 2.95. The van der Waals surface area contributed by atoms with Gasteiger partial charge in [-0.1, -0.05) is 88.7 Å². The van der Waals surface area contributed by atoms with Gasteiger partial charge in [0.25, 0.3) is 0 Å². The van der Waals surface area contributed by atoms with Gasteiger partial charge in [-0.3, -0.25) is 4.98 Å². The lowest BCUT2D eigenvalue weighted by Gasteiger charge is -2.34. The number of rotatable bonds is 4. The minimum absolute atomic E-state index is 0.242. The molecule has 0 saturated heterocycles. The minimum Gasteiger partial charge on any atom is -0.262 e. The molecule has 1 fully saturated rings. The Kier molecular flexibility index (Phi) is 8.10. The van der Waals surface area contributed by atoms with Crippen LogP contribution in [0.1, 0.15) is 78.1 Å². The fraction of sp³-hybridized carbons (Fsp3) is 0.824. The van der Waals surface area contributed by atoms with Crippen LogP contribution in [0.25, 0.3) is 0 Å². The molecule has 1 aliphatic carbocycles. The van der Waals surface area contributed by atoms with Crippen LogP contribution in [0.4, 0.5) is 0 Å². The third kappa shape index (κ3) is 6.69. The molecule has 2 rings (SSSR count). The van der Waals surface area contributed by atoms with Crippen LogP contribution in [0.2, 0.25) is 10.6 Å². The lowest BCUT2D eigenvalue weighted by atomic mass is 9.20. The van der Waals surface area contributed by atoms with Crippen LogP contribution >= 0.6 is 11.3 Å². The molecule has 0 aromatic carbocycles. The highest BCUT2D eigenvalue weighted by atomic mass is 32.1. The predicted molar refractivity (Wildman–Crippen MR) is 113 cm³/mol. The molecule has 7 heteroatoms. The zero-order chi connectivity index (χ0) is 17.5. The summed E-state index contributed by atoms with van der Waals surface area (Å²) in [5.41, 5.74) is 0. The summed E-state index contributed by atoms with van der Waals surface area (Å²) < 4.78 is 1.21. The fourth-order valence-corrected chi connectivity index (χ4v) is 4.78. The zero-order valence-corrected chi connectivity index (χ0v) is 16.2. The van der Waals surface area contributed by atoms with Gasteiger partial charge >= 0.3 is 0 Å². The van der Waals surface area contributed by atoms with Crippen LogP contribution in [0.15, 0.2) is 6.20 Å². The molecule has 121 valence electrons. The molecule has 1 aliphatic rings. The Morgan fingerprint density at radius 2 is 1.54 bits per heavy atom. The molecular weight excluding hydrogens is 304 g/mol. The second-order valence-electron chi connectivity index (χ2n) is 8.03. The van der Waals surface area contributed by atoms with Crippen LogP contribution in [-0.4, -0.2) is 42.1 Å². The molecule has 0 aliphatic heterocycles. The summed E-state index contributed by atoms with van der Waals surface area (Å²) in [6.45, 7) is 4.78. The van der Waals surface area contributed by atoms with Gasteiger partial charge in [0, 0.05) is 25.9 Å². The van der Waals surface area contributed by atoms with Crippen molar-refractivity contribution < 1.29 is 0 Å². The van der Waals surface area contributed by atoms with Gasteiger partial charge in [-0.05, 0) is 4.78 Å². The second kappa shape index (κ2) is 9.60. The first-order chi connectivity index (χ1) is 11.4. The standard InChI is InChI=1S/C17H27B5NS/c1-16(20-14-13-23-15(18)24-14)9-6-4-3-5-7-10-17(2,21-22-19)12-8-11-16/h13H,3-12H2,1-2H3. The molecule has 1 aromatic rings. The molecule has 1 nitrogen and oxygen atoms in total. The Bertz CT molecular complexity index is 497. The van der Waals surface area contributed by atoms with E-state index in [4.69, 9.17) is 15.6 Å². The normalized spacial score (nSPS) is 29.9. The molecule has 7 radical (unpaired) electrons. The van der Waals surface area contributed by atoms with E-state index in [-0.39, 0.29) is 10.6 Å². The van der Waals surface area contributed by atoms with Crippen molar-refractivity contribution in [1.82, 2.24) is 4.98 Å². The number of nitrogens with zero attached hydrogens (tertiary/aromatic N) is 1. The second-order valence-corrected chi connectivity index (χ2v) is 9.13. The van der Waals surface area contributed by atoms with Crippen molar-refractivity contribution in [3.05, 3.63) is 6.20 Å². The van der Waals surface area contributed by atoms with Crippen molar-refractivity contribution >= 4 is 58.1 Å². The van der Waals surface area contributed by atoms with Gasteiger partial charge < -0.3 is 0 Å². The molecule has 0 bridgehead atoms. The van der Waals surface area contributed by atoms with E-state index in [9.17, 15) is 0 Å². The molecule has 0 amide bonds. The lowest BCUT2D eigenvalue weighted by molar-refractivity contribution is 0.396. The molecule has 24 heavy (non-hydrogen) atoms. The SMILES string of the molecule is [B][B][B]C1(C)CCCCCCCC(C)([B]c2cnc([B])s2)CCC1. The Balaban J connectivity index is 2.01. The van der Waals surface area contributed by atoms with Crippen molar-refractivity contribution in [3.63, 3.8) is 0 Å². The largest absolute Gasteiger partial charge is 0.262 e. The fourth-order valence-electron chi connectivity index (χ4n) is 3.99. The van der Waals surface area contributed by atoms with Crippen molar-refractivity contribution in [1.29, 1.82) is 0 Å². The first kappa shape index (κ1) is 20.3. The molecule has 0 spiro atoms. The average Bonchev–Trinajstić information content (AvgIpc) is 2.90. The first-order valence-electron chi connectivity index (χ1n) is 9.41. The number of hydrogen-bond donors (Lipinski definition) is 0. The van der Waals surface area contributed by atoms with Crippen LogP contribution in [0.5, 0.6) is 0 Å². The van der Waals surface area contributed by atoms with E-state index in [0.717, 1.165) is 0 Å². The van der Waals surface area contributed by atoms with Crippen LogP contribution in [0.3, 0.4) is 0 Å². The Morgan fingerprint density at radius 1 is 0.958 bits per heavy atom. The quantitative estimate of drug-likeness (QED) is 0.773. The highest BCUT2D eigenvalue weighted by molar-refractivity contribution is 7.27. The molecule has 2 atom stereocenters. The van der Waals surface area contributed by atoms with Crippen LogP contribution in [-0.2, 0) is 0 Å². The van der Waals surface area contributed by atoms with Gasteiger partial charge in [0.05, 0.1) is 7.17 Å². The molecule has 1 heterocycles. The average molecular weight is 332 g/mol. The Morgan fingerprint density at radius 3 is 2.17 bits per heavy atom. The third-order valence-corrected chi connectivity index (χ3v) is 6.30. The third-order valence-electron chi connectivity index (χ3n) is 5.52. The van der Waals surface area contributed by atoms with Crippen molar-refractivity contribution in [2.24, 2.45) is 0 Å². The highest BCUT2D eigenvalue weighted by Gasteiger charge is 2.29. The van der Waals surface area contributed by atoms with Gasteiger partial charge in [0.1, 0.15) is 0 Å². The van der Waals surface area contributed by atoms with Gasteiger partial charge in [-0.2, -0.15) is 0 Å². The zero-order valence-electron chi connectivity index (χ0n) is 15.4. The maximum Gasteiger partial charge on any atom is 0.174 e. The number of thiazole rings is 1. The van der Waals surface area contributed by atoms with Gasteiger partial charge in [-0.15, -0.1) is 11.3 Å². The van der Waals surface area contributed by atoms with Crippen LogP contribution < -0.4 is 9.68 Å². The molecular formula is C17H27B5NS. The minimum atomic E-state index is 0.242. The van der Waals surface area contributed by atoms with E-state index in [1.54, 1.807) is 18.4 Å². The Hall–Kier alpha value is -0.0453. The Labute approximate surface area is 158 Å². The summed E-state index contributed by atoms with van der Waals surface area (Å²) in [5, 5.41) is 0.495. The van der Waals surface area contributed by atoms with Crippen molar-refractivity contribution in [2.45, 2.75) is 88.7 Å². The van der Waals surface area contributed by atoms with E-state index in [0.29, 0.717) is 4.91 Å². The first-order valence-corrected chi connectivity index (χ1v) is 10.2. The highest BCUT2D eigenvalue weighted by Crippen LogP contribution is 2.43. The summed E-state index contributed by atoms with van der Waals surface area (Å²) >= 11 is 1.60. The summed E-state index contributed by atoms with van der Waals surface area (Å²) in [6.07, 6.45) is 14.8. The van der Waals surface area contributed by atoms with Gasteiger partial charge in [0.15, 0.2) is 15.1 Å². The van der Waals surface area contributed by atoms with Crippen LogP contribution in [0, 0.1) is 0 Å². The van der Waals surface area contributed by atoms with E-state index in [1.807, 2.05) is 6.20 Å². The summed E-state index contributed by atoms with van der Waals surface area (Å²) in [7, 11) is 17.9. The van der Waals surface area contributed by atoms with Crippen molar-refractivity contribution in [3.8, 4) is 0 Å². The molecule has 0 N–H and O–H groups in total. The van der Waals surface area contributed by atoms with E-state index in [2.05, 4.69) is 33.3 Å². The topological polar surface area (TPSA) is 12.9 Å². The van der Waals surface area contributed by atoms with Gasteiger partial charge in [0.2, 0.25) is 0 Å². The van der Waals surface area contributed by atoms with Gasteiger partial charge in [-0.25, -0.2) is 0 Å². The molecule has 2 unspecified atom stereocenters. The summed E-state index contributed by atoms with van der Waals surface area (Å²) in [4.78, 5) is 4.87. The summed E-state index contributed by atoms with van der Waals surface area (Å²) in [5.74, 6) is 0. The van der Waals surface area contributed by atoms with Crippen molar-refractivity contribution in [2.75, 3.05) is 0 Å². The van der Waals surface area contributed by atoms with E-state index in [1.165, 1.54) is 69.0 Å².